The van der Waals surface area contributed by atoms with Crippen molar-refractivity contribution in [3.8, 4) is 0 Å². The van der Waals surface area contributed by atoms with Gasteiger partial charge >= 0.3 is 6.18 Å². The Hall–Kier alpha value is -1.07. The summed E-state index contributed by atoms with van der Waals surface area (Å²) in [5.41, 5.74) is 0.0893. The van der Waals surface area contributed by atoms with Gasteiger partial charge in [0.1, 0.15) is 0 Å². The smallest absolute Gasteiger partial charge is 0.393 e. The number of alkyl halides is 3. The van der Waals surface area contributed by atoms with Gasteiger partial charge in [0.25, 0.3) is 0 Å². The molecule has 0 saturated carbocycles. The number of likely N-dealkylation sites (tertiary alicyclic amines) is 1. The van der Waals surface area contributed by atoms with E-state index < -0.39 is 11.7 Å². The number of hydrogen-bond donors (Lipinski definition) is 1. The molecule has 0 spiro atoms. The molecule has 118 valence electrons. The standard InChI is InChI=1S/C16H22F3NO/c1-12(21)9-15-7-2-3-8-20(15)11-13-5-4-6-14(10-13)16(17,18)19/h4-6,10,12,15,21H,2-3,7-9,11H2,1H3. The second-order valence-electron chi connectivity index (χ2n) is 5.90. The summed E-state index contributed by atoms with van der Waals surface area (Å²) in [5, 5.41) is 9.56. The van der Waals surface area contributed by atoms with Crippen LogP contribution < -0.4 is 0 Å². The van der Waals surface area contributed by atoms with Crippen LogP contribution in [0, 0.1) is 0 Å². The Morgan fingerprint density at radius 1 is 1.33 bits per heavy atom. The molecule has 21 heavy (non-hydrogen) atoms. The number of aliphatic hydroxyl groups is 1. The summed E-state index contributed by atoms with van der Waals surface area (Å²) in [6, 6.07) is 5.80. The van der Waals surface area contributed by atoms with Crippen molar-refractivity contribution >= 4 is 0 Å². The van der Waals surface area contributed by atoms with Gasteiger partial charge in [-0.25, -0.2) is 0 Å². The average Bonchev–Trinajstić information content (AvgIpc) is 2.40. The topological polar surface area (TPSA) is 23.5 Å². The molecule has 1 aromatic rings. The second-order valence-corrected chi connectivity index (χ2v) is 5.90. The van der Waals surface area contributed by atoms with Gasteiger partial charge in [-0.2, -0.15) is 13.2 Å². The minimum Gasteiger partial charge on any atom is -0.393 e. The van der Waals surface area contributed by atoms with Crippen LogP contribution in [0.15, 0.2) is 24.3 Å². The Balaban J connectivity index is 2.08. The predicted octanol–water partition coefficient (Wildman–Crippen LogP) is 3.83. The van der Waals surface area contributed by atoms with Gasteiger partial charge in [-0.1, -0.05) is 24.6 Å². The molecule has 1 aliphatic rings. The highest BCUT2D eigenvalue weighted by Crippen LogP contribution is 2.30. The fourth-order valence-corrected chi connectivity index (χ4v) is 3.01. The lowest BCUT2D eigenvalue weighted by Crippen LogP contribution is -2.40. The minimum absolute atomic E-state index is 0.258. The molecular formula is C16H22F3NO. The molecule has 0 aromatic heterocycles. The van der Waals surface area contributed by atoms with E-state index in [-0.39, 0.29) is 12.1 Å². The first kappa shape index (κ1) is 16.3. The molecule has 2 rings (SSSR count). The first-order valence-corrected chi connectivity index (χ1v) is 7.44. The first-order chi connectivity index (χ1) is 9.86. The number of benzene rings is 1. The van der Waals surface area contributed by atoms with Gasteiger partial charge in [-0.3, -0.25) is 4.90 Å². The summed E-state index contributed by atoms with van der Waals surface area (Å²) in [7, 11) is 0. The molecule has 1 saturated heterocycles. The van der Waals surface area contributed by atoms with E-state index in [4.69, 9.17) is 0 Å². The number of hydrogen-bond acceptors (Lipinski definition) is 2. The van der Waals surface area contributed by atoms with E-state index in [2.05, 4.69) is 4.90 Å². The largest absolute Gasteiger partial charge is 0.416 e. The normalized spacial score (nSPS) is 22.2. The maximum Gasteiger partial charge on any atom is 0.416 e. The average molecular weight is 301 g/mol. The molecule has 1 heterocycles. The van der Waals surface area contributed by atoms with Crippen LogP contribution in [-0.2, 0) is 12.7 Å². The van der Waals surface area contributed by atoms with Gasteiger partial charge in [0.05, 0.1) is 11.7 Å². The number of rotatable bonds is 4. The van der Waals surface area contributed by atoms with Crippen LogP contribution in [0.1, 0.15) is 43.7 Å². The quantitative estimate of drug-likeness (QED) is 0.913. The van der Waals surface area contributed by atoms with E-state index in [9.17, 15) is 18.3 Å². The lowest BCUT2D eigenvalue weighted by Gasteiger charge is -2.36. The Labute approximate surface area is 123 Å². The molecular weight excluding hydrogens is 279 g/mol. The monoisotopic (exact) mass is 301 g/mol. The molecule has 2 atom stereocenters. The maximum absolute atomic E-state index is 12.7. The maximum atomic E-state index is 12.7. The van der Waals surface area contributed by atoms with Gasteiger partial charge in [-0.05, 0) is 44.4 Å². The van der Waals surface area contributed by atoms with E-state index in [1.807, 2.05) is 0 Å². The van der Waals surface area contributed by atoms with Gasteiger partial charge in [0.2, 0.25) is 0 Å². The zero-order chi connectivity index (χ0) is 15.5. The number of piperidine rings is 1. The zero-order valence-electron chi connectivity index (χ0n) is 12.2. The predicted molar refractivity (Wildman–Crippen MR) is 75.8 cm³/mol. The highest BCUT2D eigenvalue weighted by molar-refractivity contribution is 5.25. The van der Waals surface area contributed by atoms with Crippen molar-refractivity contribution in [1.82, 2.24) is 4.90 Å². The third kappa shape index (κ3) is 4.71. The molecule has 1 N–H and O–H groups in total. The van der Waals surface area contributed by atoms with Gasteiger partial charge < -0.3 is 5.11 Å². The fraction of sp³-hybridized carbons (Fsp3) is 0.625. The molecule has 2 unspecified atom stereocenters. The molecule has 1 aromatic carbocycles. The van der Waals surface area contributed by atoms with Crippen molar-refractivity contribution in [2.45, 2.75) is 57.5 Å². The van der Waals surface area contributed by atoms with E-state index in [0.717, 1.165) is 31.9 Å². The SMILES string of the molecule is CC(O)CC1CCCCN1Cc1cccc(C(F)(F)F)c1. The van der Waals surface area contributed by atoms with Crippen LogP contribution in [0.25, 0.3) is 0 Å². The highest BCUT2D eigenvalue weighted by atomic mass is 19.4. The van der Waals surface area contributed by atoms with Crippen LogP contribution >= 0.6 is 0 Å². The van der Waals surface area contributed by atoms with Crippen molar-refractivity contribution in [1.29, 1.82) is 0 Å². The summed E-state index contributed by atoms with van der Waals surface area (Å²) in [6.45, 7) is 3.16. The Morgan fingerprint density at radius 3 is 2.76 bits per heavy atom. The van der Waals surface area contributed by atoms with Gasteiger partial charge in [0.15, 0.2) is 0 Å². The summed E-state index contributed by atoms with van der Waals surface area (Å²) >= 11 is 0. The van der Waals surface area contributed by atoms with E-state index in [0.29, 0.717) is 18.5 Å². The number of nitrogens with zero attached hydrogens (tertiary/aromatic N) is 1. The molecule has 1 fully saturated rings. The first-order valence-electron chi connectivity index (χ1n) is 7.44. The molecule has 2 nitrogen and oxygen atoms in total. The van der Waals surface area contributed by atoms with Crippen LogP contribution in [0.4, 0.5) is 13.2 Å². The summed E-state index contributed by atoms with van der Waals surface area (Å²) in [6.07, 6.45) is -0.803. The van der Waals surface area contributed by atoms with Crippen LogP contribution in [-0.4, -0.2) is 28.7 Å². The van der Waals surface area contributed by atoms with Crippen molar-refractivity contribution in [2.24, 2.45) is 0 Å². The van der Waals surface area contributed by atoms with Crippen LogP contribution in [0.2, 0.25) is 0 Å². The van der Waals surface area contributed by atoms with E-state index >= 15 is 0 Å². The third-order valence-corrected chi connectivity index (χ3v) is 4.00. The van der Waals surface area contributed by atoms with Crippen molar-refractivity contribution in [2.75, 3.05) is 6.54 Å². The zero-order valence-corrected chi connectivity index (χ0v) is 12.2. The molecule has 0 aliphatic carbocycles. The Bertz CT molecular complexity index is 459. The highest BCUT2D eigenvalue weighted by Gasteiger charge is 2.31. The lowest BCUT2D eigenvalue weighted by atomic mass is 9.96. The molecule has 0 bridgehead atoms. The number of halogens is 3. The van der Waals surface area contributed by atoms with Crippen molar-refractivity contribution < 1.29 is 18.3 Å². The van der Waals surface area contributed by atoms with Crippen LogP contribution in [0.3, 0.4) is 0 Å². The van der Waals surface area contributed by atoms with Gasteiger partial charge in [0, 0.05) is 12.6 Å². The van der Waals surface area contributed by atoms with E-state index in [1.54, 1.807) is 13.0 Å². The second kappa shape index (κ2) is 6.79. The molecule has 0 radical (unpaired) electrons. The van der Waals surface area contributed by atoms with Crippen molar-refractivity contribution in [3.63, 3.8) is 0 Å². The Morgan fingerprint density at radius 2 is 2.10 bits per heavy atom. The fourth-order valence-electron chi connectivity index (χ4n) is 3.01. The molecule has 5 heteroatoms. The molecule has 1 aliphatic heterocycles. The summed E-state index contributed by atoms with van der Waals surface area (Å²) < 4.78 is 38.2. The Kier molecular flexibility index (Phi) is 5.27. The number of aliphatic hydroxyl groups excluding tert-OH is 1. The summed E-state index contributed by atoms with van der Waals surface area (Å²) in [4.78, 5) is 2.20. The van der Waals surface area contributed by atoms with Crippen molar-refractivity contribution in [3.05, 3.63) is 35.4 Å². The lowest BCUT2D eigenvalue weighted by molar-refractivity contribution is -0.137. The third-order valence-electron chi connectivity index (χ3n) is 4.00. The van der Waals surface area contributed by atoms with E-state index in [1.165, 1.54) is 12.1 Å². The van der Waals surface area contributed by atoms with Gasteiger partial charge in [-0.15, -0.1) is 0 Å². The summed E-state index contributed by atoms with van der Waals surface area (Å²) in [5.74, 6) is 0. The molecule has 0 amide bonds. The van der Waals surface area contributed by atoms with Crippen LogP contribution in [0.5, 0.6) is 0 Å². The minimum atomic E-state index is -4.29.